The van der Waals surface area contributed by atoms with E-state index in [1.54, 1.807) is 18.3 Å². The topological polar surface area (TPSA) is 35.0 Å². The third kappa shape index (κ3) is 1.86. The van der Waals surface area contributed by atoms with Crippen LogP contribution in [0.4, 0.5) is 4.39 Å². The first-order chi connectivity index (χ1) is 7.72. The fourth-order valence-electron chi connectivity index (χ4n) is 1.52. The Morgan fingerprint density at radius 1 is 1.31 bits per heavy atom. The Morgan fingerprint density at radius 3 is 2.75 bits per heavy atom. The molecule has 0 atom stereocenters. The lowest BCUT2D eigenvalue weighted by Crippen LogP contribution is -1.92. The van der Waals surface area contributed by atoms with Crippen molar-refractivity contribution in [1.29, 1.82) is 0 Å². The molecule has 0 N–H and O–H groups in total. The van der Waals surface area contributed by atoms with Gasteiger partial charge in [0.2, 0.25) is 0 Å². The van der Waals surface area contributed by atoms with Gasteiger partial charge in [-0.25, -0.2) is 14.4 Å². The van der Waals surface area contributed by atoms with Crippen LogP contribution in [0.3, 0.4) is 0 Å². The lowest BCUT2D eigenvalue weighted by molar-refractivity contribution is 0.386. The van der Waals surface area contributed by atoms with Crippen LogP contribution in [-0.2, 0) is 0 Å². The van der Waals surface area contributed by atoms with E-state index in [9.17, 15) is 4.39 Å². The van der Waals surface area contributed by atoms with E-state index in [1.807, 2.05) is 6.92 Å². The number of hydrogen-bond donors (Lipinski definition) is 0. The maximum Gasteiger partial charge on any atom is 0.165 e. The van der Waals surface area contributed by atoms with Gasteiger partial charge in [-0.3, -0.25) is 0 Å². The molecule has 0 fully saturated rings. The van der Waals surface area contributed by atoms with Crippen LogP contribution < -0.4 is 4.74 Å². The molecule has 1 aromatic heterocycles. The summed E-state index contributed by atoms with van der Waals surface area (Å²) >= 11 is 0. The Hall–Kier alpha value is -1.97. The minimum atomic E-state index is -0.391. The molecule has 82 valence electrons. The zero-order chi connectivity index (χ0) is 11.5. The first kappa shape index (κ1) is 10.5. The third-order valence-electron chi connectivity index (χ3n) is 2.32. The van der Waals surface area contributed by atoms with Crippen LogP contribution in [0.25, 0.3) is 11.3 Å². The van der Waals surface area contributed by atoms with Gasteiger partial charge < -0.3 is 4.74 Å². The summed E-state index contributed by atoms with van der Waals surface area (Å²) in [7, 11) is 1.44. The summed E-state index contributed by atoms with van der Waals surface area (Å²) in [5, 5.41) is 0. The highest BCUT2D eigenvalue weighted by Gasteiger charge is 2.07. The standard InChI is InChI=1S/C12H11FN2O/c1-8-6-14-7-15-12(8)9-3-4-11(16-2)10(13)5-9/h3-7H,1-2H3. The molecule has 2 rings (SSSR count). The SMILES string of the molecule is COc1ccc(-c2ncncc2C)cc1F. The third-order valence-corrected chi connectivity index (χ3v) is 2.32. The summed E-state index contributed by atoms with van der Waals surface area (Å²) in [4.78, 5) is 8.02. The summed E-state index contributed by atoms with van der Waals surface area (Å²) in [5.74, 6) is -0.159. The van der Waals surface area contributed by atoms with Crippen molar-refractivity contribution < 1.29 is 9.13 Å². The van der Waals surface area contributed by atoms with Gasteiger partial charge in [0.05, 0.1) is 12.8 Å². The maximum absolute atomic E-state index is 13.5. The average Bonchev–Trinajstić information content (AvgIpc) is 2.29. The fourth-order valence-corrected chi connectivity index (χ4v) is 1.52. The first-order valence-electron chi connectivity index (χ1n) is 4.83. The number of halogens is 1. The second-order valence-corrected chi connectivity index (χ2v) is 3.40. The summed E-state index contributed by atoms with van der Waals surface area (Å²) in [6.45, 7) is 1.89. The number of ether oxygens (including phenoxy) is 1. The monoisotopic (exact) mass is 218 g/mol. The maximum atomic E-state index is 13.5. The van der Waals surface area contributed by atoms with Crippen molar-refractivity contribution in [3.63, 3.8) is 0 Å². The fraction of sp³-hybridized carbons (Fsp3) is 0.167. The average molecular weight is 218 g/mol. The van der Waals surface area contributed by atoms with Crippen LogP contribution in [0, 0.1) is 12.7 Å². The van der Waals surface area contributed by atoms with E-state index in [4.69, 9.17) is 4.74 Å². The Kier molecular flexibility index (Phi) is 2.81. The minimum Gasteiger partial charge on any atom is -0.494 e. The molecule has 0 aliphatic carbocycles. The van der Waals surface area contributed by atoms with Gasteiger partial charge in [-0.1, -0.05) is 0 Å². The van der Waals surface area contributed by atoms with Crippen molar-refractivity contribution in [2.45, 2.75) is 6.92 Å². The zero-order valence-electron chi connectivity index (χ0n) is 9.07. The quantitative estimate of drug-likeness (QED) is 0.777. The highest BCUT2D eigenvalue weighted by Crippen LogP contribution is 2.25. The van der Waals surface area contributed by atoms with Crippen LogP contribution in [0.5, 0.6) is 5.75 Å². The molecular weight excluding hydrogens is 207 g/mol. The van der Waals surface area contributed by atoms with Crippen molar-refractivity contribution in [3.8, 4) is 17.0 Å². The van der Waals surface area contributed by atoms with Crippen molar-refractivity contribution in [2.75, 3.05) is 7.11 Å². The molecular formula is C12H11FN2O. The largest absolute Gasteiger partial charge is 0.494 e. The molecule has 0 amide bonds. The van der Waals surface area contributed by atoms with Crippen molar-refractivity contribution in [3.05, 3.63) is 42.1 Å². The van der Waals surface area contributed by atoms with Gasteiger partial charge >= 0.3 is 0 Å². The molecule has 1 heterocycles. The second kappa shape index (κ2) is 4.26. The van der Waals surface area contributed by atoms with E-state index in [-0.39, 0.29) is 5.75 Å². The number of nitrogens with zero attached hydrogens (tertiary/aromatic N) is 2. The predicted molar refractivity (Wildman–Crippen MR) is 58.7 cm³/mol. The van der Waals surface area contributed by atoms with E-state index < -0.39 is 5.82 Å². The Balaban J connectivity index is 2.50. The van der Waals surface area contributed by atoms with Crippen molar-refractivity contribution in [1.82, 2.24) is 9.97 Å². The molecule has 0 aliphatic heterocycles. The van der Waals surface area contributed by atoms with E-state index >= 15 is 0 Å². The van der Waals surface area contributed by atoms with Crippen LogP contribution in [0.1, 0.15) is 5.56 Å². The summed E-state index contributed by atoms with van der Waals surface area (Å²) < 4.78 is 18.4. The zero-order valence-corrected chi connectivity index (χ0v) is 9.07. The van der Waals surface area contributed by atoms with Gasteiger partial charge in [0.15, 0.2) is 11.6 Å². The lowest BCUT2D eigenvalue weighted by Gasteiger charge is -2.06. The molecule has 0 radical (unpaired) electrons. The van der Waals surface area contributed by atoms with Crippen LogP contribution in [0.15, 0.2) is 30.7 Å². The molecule has 0 aliphatic rings. The van der Waals surface area contributed by atoms with Crippen molar-refractivity contribution in [2.24, 2.45) is 0 Å². The van der Waals surface area contributed by atoms with E-state index in [2.05, 4.69) is 9.97 Å². The van der Waals surface area contributed by atoms with E-state index in [0.717, 1.165) is 16.8 Å². The van der Waals surface area contributed by atoms with Crippen molar-refractivity contribution >= 4 is 0 Å². The molecule has 0 unspecified atom stereocenters. The van der Waals surface area contributed by atoms with Crippen LogP contribution in [0.2, 0.25) is 0 Å². The summed E-state index contributed by atoms with van der Waals surface area (Å²) in [6.07, 6.45) is 3.15. The highest BCUT2D eigenvalue weighted by molar-refractivity contribution is 5.63. The molecule has 0 saturated heterocycles. The molecule has 2 aromatic rings. The van der Waals surface area contributed by atoms with E-state index in [1.165, 1.54) is 19.5 Å². The van der Waals surface area contributed by atoms with Gasteiger partial charge in [-0.15, -0.1) is 0 Å². The number of aryl methyl sites for hydroxylation is 1. The minimum absolute atomic E-state index is 0.232. The Morgan fingerprint density at radius 2 is 2.12 bits per heavy atom. The van der Waals surface area contributed by atoms with Gasteiger partial charge in [-0.05, 0) is 30.7 Å². The number of methoxy groups -OCH3 is 1. The predicted octanol–water partition coefficient (Wildman–Crippen LogP) is 2.60. The smallest absolute Gasteiger partial charge is 0.165 e. The molecule has 1 aromatic carbocycles. The Bertz CT molecular complexity index is 514. The first-order valence-corrected chi connectivity index (χ1v) is 4.83. The molecule has 0 spiro atoms. The number of aromatic nitrogens is 2. The molecule has 0 bridgehead atoms. The number of rotatable bonds is 2. The molecule has 16 heavy (non-hydrogen) atoms. The van der Waals surface area contributed by atoms with Gasteiger partial charge in [0, 0.05) is 11.8 Å². The Labute approximate surface area is 92.9 Å². The van der Waals surface area contributed by atoms with Gasteiger partial charge in [-0.2, -0.15) is 0 Å². The molecule has 0 saturated carbocycles. The molecule has 4 heteroatoms. The number of hydrogen-bond acceptors (Lipinski definition) is 3. The number of benzene rings is 1. The highest BCUT2D eigenvalue weighted by atomic mass is 19.1. The second-order valence-electron chi connectivity index (χ2n) is 3.40. The van der Waals surface area contributed by atoms with Gasteiger partial charge in [0.1, 0.15) is 6.33 Å². The lowest BCUT2D eigenvalue weighted by atomic mass is 10.1. The van der Waals surface area contributed by atoms with Crippen LogP contribution in [-0.4, -0.2) is 17.1 Å². The molecule has 3 nitrogen and oxygen atoms in total. The summed E-state index contributed by atoms with van der Waals surface area (Å²) in [6, 6.07) is 4.78. The normalized spacial score (nSPS) is 10.2. The van der Waals surface area contributed by atoms with Gasteiger partial charge in [0.25, 0.3) is 0 Å². The van der Waals surface area contributed by atoms with Crippen LogP contribution >= 0.6 is 0 Å². The summed E-state index contributed by atoms with van der Waals surface area (Å²) in [5.41, 5.74) is 2.36. The van der Waals surface area contributed by atoms with E-state index in [0.29, 0.717) is 0 Å².